The van der Waals surface area contributed by atoms with E-state index < -0.39 is 41.6 Å². The van der Waals surface area contributed by atoms with Crippen LogP contribution in [0.3, 0.4) is 0 Å². The Hall–Kier alpha value is -2.57. The lowest BCUT2D eigenvalue weighted by molar-refractivity contribution is 0.195. The molecule has 3 nitrogen and oxygen atoms in total. The summed E-state index contributed by atoms with van der Waals surface area (Å²) in [6.07, 6.45) is -1.18. The minimum atomic E-state index is -1.24. The molecule has 2 aromatic rings. The van der Waals surface area contributed by atoms with Gasteiger partial charge >= 0.3 is 6.03 Å². The average Bonchev–Trinajstić information content (AvgIpc) is 2.84. The minimum Gasteiger partial charge on any atom is -0.351 e. The highest BCUT2D eigenvalue weighted by atomic mass is 19.1. The summed E-state index contributed by atoms with van der Waals surface area (Å²) in [5.74, 6) is -2.78. The predicted molar refractivity (Wildman–Crippen MR) is 89.6 cm³/mol. The highest BCUT2D eigenvalue weighted by Gasteiger charge is 2.41. The molecular weight excluding hydrogens is 348 g/mol. The van der Waals surface area contributed by atoms with Crippen LogP contribution in [0.15, 0.2) is 36.4 Å². The van der Waals surface area contributed by atoms with E-state index >= 15 is 0 Å². The predicted octanol–water partition coefficient (Wildman–Crippen LogP) is 4.05. The van der Waals surface area contributed by atoms with Crippen LogP contribution in [0, 0.1) is 23.4 Å². The second-order valence-corrected chi connectivity index (χ2v) is 6.57. The molecule has 3 rings (SSSR count). The first kappa shape index (κ1) is 18.2. The number of hydrogen-bond acceptors (Lipinski definition) is 1. The molecule has 0 saturated carbocycles. The normalized spacial score (nSPS) is 22.7. The minimum absolute atomic E-state index is 0.0361. The van der Waals surface area contributed by atoms with Gasteiger partial charge in [-0.05, 0) is 29.7 Å². The van der Waals surface area contributed by atoms with E-state index in [2.05, 4.69) is 0 Å². The smallest absolute Gasteiger partial charge is 0.315 e. The second-order valence-electron chi connectivity index (χ2n) is 6.57. The molecule has 2 aromatic carbocycles. The fraction of sp³-hybridized carbons (Fsp3) is 0.316. The highest BCUT2D eigenvalue weighted by molar-refractivity contribution is 5.73. The molecule has 138 valence electrons. The van der Waals surface area contributed by atoms with Gasteiger partial charge in [0.05, 0.1) is 6.54 Å². The van der Waals surface area contributed by atoms with Gasteiger partial charge in [0.1, 0.15) is 23.6 Å². The van der Waals surface area contributed by atoms with Crippen molar-refractivity contribution in [2.75, 3.05) is 6.54 Å². The number of likely N-dealkylation sites (tertiary alicyclic amines) is 1. The quantitative estimate of drug-likeness (QED) is 0.819. The van der Waals surface area contributed by atoms with E-state index in [9.17, 15) is 22.4 Å². The van der Waals surface area contributed by atoms with Gasteiger partial charge in [-0.2, -0.15) is 0 Å². The van der Waals surface area contributed by atoms with Crippen LogP contribution in [0.2, 0.25) is 0 Å². The number of benzene rings is 2. The second kappa shape index (κ2) is 6.97. The Bertz CT molecular complexity index is 822. The van der Waals surface area contributed by atoms with Crippen molar-refractivity contribution in [3.05, 3.63) is 59.4 Å². The Morgan fingerprint density at radius 3 is 2.46 bits per heavy atom. The maximum absolute atomic E-state index is 15.0. The van der Waals surface area contributed by atoms with Gasteiger partial charge in [-0.25, -0.2) is 22.4 Å². The maximum Gasteiger partial charge on any atom is 0.315 e. The number of carbonyl (C=O) groups is 1. The number of rotatable bonds is 3. The molecule has 26 heavy (non-hydrogen) atoms. The number of nitrogens with zero attached hydrogens (tertiary/aromatic N) is 1. The van der Waals surface area contributed by atoms with Gasteiger partial charge in [-0.15, -0.1) is 0 Å². The van der Waals surface area contributed by atoms with E-state index in [1.807, 2.05) is 0 Å². The van der Waals surface area contributed by atoms with Gasteiger partial charge in [0.2, 0.25) is 0 Å². The Labute approximate surface area is 148 Å². The van der Waals surface area contributed by atoms with E-state index in [1.54, 1.807) is 13.0 Å². The lowest BCUT2D eigenvalue weighted by atomic mass is 9.92. The van der Waals surface area contributed by atoms with E-state index in [-0.39, 0.29) is 29.7 Å². The van der Waals surface area contributed by atoms with Crippen molar-refractivity contribution < 1.29 is 22.4 Å². The monoisotopic (exact) mass is 366 g/mol. The van der Waals surface area contributed by atoms with Crippen LogP contribution in [0.5, 0.6) is 0 Å². The first-order valence-electron chi connectivity index (χ1n) is 8.22. The summed E-state index contributed by atoms with van der Waals surface area (Å²) < 4.78 is 55.8. The summed E-state index contributed by atoms with van der Waals surface area (Å²) >= 11 is 0. The lowest BCUT2D eigenvalue weighted by Crippen LogP contribution is -2.42. The number of hydrogen-bond donors (Lipinski definition) is 1. The van der Waals surface area contributed by atoms with Crippen molar-refractivity contribution in [3.8, 4) is 11.1 Å². The van der Waals surface area contributed by atoms with Crippen molar-refractivity contribution in [2.45, 2.75) is 25.6 Å². The number of amides is 2. The molecule has 2 amide bonds. The Balaban J connectivity index is 1.96. The van der Waals surface area contributed by atoms with Crippen LogP contribution in [-0.4, -0.2) is 29.7 Å². The molecule has 3 atom stereocenters. The average molecular weight is 366 g/mol. The first-order valence-corrected chi connectivity index (χ1v) is 8.22. The molecule has 1 aliphatic heterocycles. The largest absolute Gasteiger partial charge is 0.351 e. The molecule has 1 aliphatic rings. The summed E-state index contributed by atoms with van der Waals surface area (Å²) in [4.78, 5) is 12.7. The van der Waals surface area contributed by atoms with Crippen molar-refractivity contribution >= 4 is 6.03 Å². The van der Waals surface area contributed by atoms with E-state index in [0.717, 1.165) is 12.1 Å². The van der Waals surface area contributed by atoms with E-state index in [1.165, 1.54) is 17.0 Å². The molecular formula is C19H18F4N2O. The molecule has 1 heterocycles. The third kappa shape index (κ3) is 3.38. The third-order valence-corrected chi connectivity index (χ3v) is 4.91. The Kier molecular flexibility index (Phi) is 4.89. The zero-order chi connectivity index (χ0) is 19.0. The zero-order valence-electron chi connectivity index (χ0n) is 14.1. The molecule has 7 heteroatoms. The number of halogens is 4. The molecule has 1 fully saturated rings. The van der Waals surface area contributed by atoms with Gasteiger partial charge in [-0.3, -0.25) is 0 Å². The number of nitrogens with two attached hydrogens (primary N) is 1. The molecule has 1 saturated heterocycles. The fourth-order valence-corrected chi connectivity index (χ4v) is 3.46. The lowest BCUT2D eigenvalue weighted by Gasteiger charge is -2.25. The summed E-state index contributed by atoms with van der Waals surface area (Å²) in [5.41, 5.74) is 5.63. The van der Waals surface area contributed by atoms with E-state index in [0.29, 0.717) is 6.07 Å². The molecule has 0 spiro atoms. The van der Waals surface area contributed by atoms with Gasteiger partial charge in [0.15, 0.2) is 0 Å². The number of carbonyl (C=O) groups excluding carboxylic acids is 1. The number of primary amides is 1. The SMILES string of the molecule is C[C@H]1[C@@H](F)CN(C(N)=O)[C@H]1Cc1cccc(-c2cc(F)cc(F)c2)c1F. The van der Waals surface area contributed by atoms with Crippen LogP contribution in [0.4, 0.5) is 22.4 Å². The molecule has 0 radical (unpaired) electrons. The van der Waals surface area contributed by atoms with Gasteiger partial charge in [0, 0.05) is 23.6 Å². The summed E-state index contributed by atoms with van der Waals surface area (Å²) in [6.45, 7) is 1.51. The van der Waals surface area contributed by atoms with Crippen LogP contribution < -0.4 is 5.73 Å². The summed E-state index contributed by atoms with van der Waals surface area (Å²) in [6, 6.07) is 5.91. The molecule has 0 bridgehead atoms. The summed E-state index contributed by atoms with van der Waals surface area (Å²) in [5, 5.41) is 0. The van der Waals surface area contributed by atoms with Gasteiger partial charge < -0.3 is 10.6 Å². The van der Waals surface area contributed by atoms with Crippen molar-refractivity contribution in [1.29, 1.82) is 0 Å². The van der Waals surface area contributed by atoms with Gasteiger partial charge in [-0.1, -0.05) is 25.1 Å². The maximum atomic E-state index is 15.0. The van der Waals surface area contributed by atoms with Crippen LogP contribution in [0.25, 0.3) is 11.1 Å². The molecule has 2 N–H and O–H groups in total. The molecule has 0 unspecified atom stereocenters. The number of alkyl halides is 1. The van der Waals surface area contributed by atoms with Gasteiger partial charge in [0.25, 0.3) is 0 Å². The Morgan fingerprint density at radius 1 is 1.19 bits per heavy atom. The van der Waals surface area contributed by atoms with E-state index in [4.69, 9.17) is 5.73 Å². The number of urea groups is 1. The van der Waals surface area contributed by atoms with Crippen LogP contribution in [0.1, 0.15) is 12.5 Å². The summed E-state index contributed by atoms with van der Waals surface area (Å²) in [7, 11) is 0. The Morgan fingerprint density at radius 2 is 1.85 bits per heavy atom. The molecule has 0 aromatic heterocycles. The highest BCUT2D eigenvalue weighted by Crippen LogP contribution is 2.32. The van der Waals surface area contributed by atoms with Crippen LogP contribution in [-0.2, 0) is 6.42 Å². The fourth-order valence-electron chi connectivity index (χ4n) is 3.46. The van der Waals surface area contributed by atoms with Crippen molar-refractivity contribution in [2.24, 2.45) is 11.7 Å². The first-order chi connectivity index (χ1) is 12.3. The topological polar surface area (TPSA) is 46.3 Å². The standard InChI is InChI=1S/C19H18F4N2O/c1-10-16(22)9-25(19(24)26)17(10)7-11-3-2-4-15(18(11)23)12-5-13(20)8-14(21)6-12/h2-6,8,10,16-17H,7,9H2,1H3,(H2,24,26)/t10-,16-,17-/m0/s1. The van der Waals surface area contributed by atoms with Crippen LogP contribution >= 0.6 is 0 Å². The molecule has 0 aliphatic carbocycles. The third-order valence-electron chi connectivity index (χ3n) is 4.91. The van der Waals surface area contributed by atoms with Crippen molar-refractivity contribution in [1.82, 2.24) is 4.90 Å². The van der Waals surface area contributed by atoms with Crippen molar-refractivity contribution in [3.63, 3.8) is 0 Å². The zero-order valence-corrected chi connectivity index (χ0v) is 14.1.